The Kier molecular flexibility index (Phi) is 5.76. The quantitative estimate of drug-likeness (QED) is 0.610. The van der Waals surface area contributed by atoms with Gasteiger partial charge in [0, 0.05) is 12.6 Å². The van der Waals surface area contributed by atoms with Gasteiger partial charge in [-0.15, -0.1) is 0 Å². The van der Waals surface area contributed by atoms with Gasteiger partial charge < -0.3 is 9.73 Å². The zero-order valence-corrected chi connectivity index (χ0v) is 17.0. The van der Waals surface area contributed by atoms with Crippen LogP contribution in [0.2, 0.25) is 0 Å². The number of rotatable bonds is 8. The number of amides is 1. The first-order valence-electron chi connectivity index (χ1n) is 10.2. The van der Waals surface area contributed by atoms with Crippen LogP contribution in [0.3, 0.4) is 0 Å². The number of hydrogen-bond donors (Lipinski definition) is 1. The van der Waals surface area contributed by atoms with Gasteiger partial charge in [0.2, 0.25) is 5.89 Å². The van der Waals surface area contributed by atoms with Gasteiger partial charge in [-0.25, -0.2) is 4.98 Å². The molecule has 1 amide bonds. The zero-order valence-electron chi connectivity index (χ0n) is 17.0. The predicted octanol–water partition coefficient (Wildman–Crippen LogP) is 4.64. The number of nitrogens with zero attached hydrogens (tertiary/aromatic N) is 2. The highest BCUT2D eigenvalue weighted by atomic mass is 16.3. The minimum absolute atomic E-state index is 0.0895. The third-order valence-electron chi connectivity index (χ3n) is 5.34. The number of nitrogens with one attached hydrogen (secondary N) is 1. The van der Waals surface area contributed by atoms with E-state index in [2.05, 4.69) is 46.4 Å². The van der Waals surface area contributed by atoms with Crippen molar-refractivity contribution in [2.24, 2.45) is 0 Å². The molecule has 1 fully saturated rings. The largest absolute Gasteiger partial charge is 0.447 e. The normalized spacial score (nSPS) is 14.7. The summed E-state index contributed by atoms with van der Waals surface area (Å²) in [4.78, 5) is 19.4. The van der Waals surface area contributed by atoms with E-state index in [1.54, 1.807) is 0 Å². The van der Waals surface area contributed by atoms with Gasteiger partial charge in [0.15, 0.2) is 5.69 Å². The predicted molar refractivity (Wildman–Crippen MR) is 112 cm³/mol. The van der Waals surface area contributed by atoms with Gasteiger partial charge in [-0.05, 0) is 37.8 Å². The minimum Gasteiger partial charge on any atom is -0.447 e. The summed E-state index contributed by atoms with van der Waals surface area (Å²) >= 11 is 0. The maximum atomic E-state index is 12.5. The van der Waals surface area contributed by atoms with Gasteiger partial charge >= 0.3 is 0 Å². The molecule has 29 heavy (non-hydrogen) atoms. The van der Waals surface area contributed by atoms with Crippen LogP contribution in [0.15, 0.2) is 65.3 Å². The molecular formula is C24H27N3O2. The Morgan fingerprint density at radius 2 is 1.86 bits per heavy atom. The second kappa shape index (κ2) is 8.62. The second-order valence-corrected chi connectivity index (χ2v) is 7.85. The summed E-state index contributed by atoms with van der Waals surface area (Å²) in [6.45, 7) is 5.53. The summed E-state index contributed by atoms with van der Waals surface area (Å²) < 4.78 is 5.62. The fourth-order valence-corrected chi connectivity index (χ4v) is 3.44. The highest BCUT2D eigenvalue weighted by molar-refractivity contribution is 5.92. The standard InChI is InChI=1S/C24H27N3O2/c1-17-8-10-19(11-9-17)14-27(21-12-13-21)15-23-26-22(16-29-23)24(28)25-18(2)20-6-4-3-5-7-20/h3-11,16,18,21H,12-15H2,1-2H3,(H,25,28)/t18-/m1/s1. The number of carbonyl (C=O) groups excluding carboxylic acids is 1. The molecule has 1 heterocycles. The van der Waals surface area contributed by atoms with Crippen LogP contribution < -0.4 is 5.32 Å². The molecule has 5 heteroatoms. The van der Waals surface area contributed by atoms with E-state index in [4.69, 9.17) is 4.42 Å². The van der Waals surface area contributed by atoms with Crippen molar-refractivity contribution in [1.29, 1.82) is 0 Å². The third kappa shape index (κ3) is 5.12. The van der Waals surface area contributed by atoms with Crippen LogP contribution in [0.5, 0.6) is 0 Å². The van der Waals surface area contributed by atoms with Crippen LogP contribution in [0.4, 0.5) is 0 Å². The molecule has 1 aliphatic carbocycles. The van der Waals surface area contributed by atoms with E-state index in [1.165, 1.54) is 30.2 Å². The highest BCUT2D eigenvalue weighted by Gasteiger charge is 2.30. The Labute approximate surface area is 171 Å². The van der Waals surface area contributed by atoms with Crippen LogP contribution in [-0.4, -0.2) is 21.8 Å². The molecule has 150 valence electrons. The topological polar surface area (TPSA) is 58.4 Å². The lowest BCUT2D eigenvalue weighted by molar-refractivity contribution is 0.0934. The lowest BCUT2D eigenvalue weighted by Crippen LogP contribution is -2.27. The molecule has 1 N–H and O–H groups in total. The number of benzene rings is 2. The van der Waals surface area contributed by atoms with E-state index in [9.17, 15) is 4.79 Å². The highest BCUT2D eigenvalue weighted by Crippen LogP contribution is 2.29. The zero-order chi connectivity index (χ0) is 20.2. The summed E-state index contributed by atoms with van der Waals surface area (Å²) in [5.41, 5.74) is 3.93. The van der Waals surface area contributed by atoms with E-state index in [0.29, 0.717) is 24.2 Å². The fraction of sp³-hybridized carbons (Fsp3) is 0.333. The summed E-state index contributed by atoms with van der Waals surface area (Å²) in [5.74, 6) is 0.370. The summed E-state index contributed by atoms with van der Waals surface area (Å²) in [6.07, 6.45) is 3.86. The molecule has 2 aromatic carbocycles. The average molecular weight is 389 g/mol. The molecule has 1 atom stereocenters. The van der Waals surface area contributed by atoms with E-state index >= 15 is 0 Å². The molecular weight excluding hydrogens is 362 g/mol. The molecule has 0 radical (unpaired) electrons. The van der Waals surface area contributed by atoms with Crippen molar-refractivity contribution in [2.45, 2.75) is 51.9 Å². The van der Waals surface area contributed by atoms with Crippen molar-refractivity contribution in [1.82, 2.24) is 15.2 Å². The van der Waals surface area contributed by atoms with E-state index in [-0.39, 0.29) is 11.9 Å². The van der Waals surface area contributed by atoms with Crippen LogP contribution >= 0.6 is 0 Å². The molecule has 0 unspecified atom stereocenters. The van der Waals surface area contributed by atoms with Gasteiger partial charge in [-0.1, -0.05) is 60.2 Å². The maximum absolute atomic E-state index is 12.5. The van der Waals surface area contributed by atoms with Crippen molar-refractivity contribution in [3.8, 4) is 0 Å². The Bertz CT molecular complexity index is 946. The molecule has 1 aromatic heterocycles. The minimum atomic E-state index is -0.215. The van der Waals surface area contributed by atoms with Crippen LogP contribution in [0, 0.1) is 6.92 Å². The summed E-state index contributed by atoms with van der Waals surface area (Å²) in [5, 5.41) is 2.98. The van der Waals surface area contributed by atoms with E-state index in [1.807, 2.05) is 37.3 Å². The summed E-state index contributed by atoms with van der Waals surface area (Å²) in [6, 6.07) is 19.0. The summed E-state index contributed by atoms with van der Waals surface area (Å²) in [7, 11) is 0. The van der Waals surface area contributed by atoms with Gasteiger partial charge in [-0.3, -0.25) is 9.69 Å². The molecule has 3 aromatic rings. The maximum Gasteiger partial charge on any atom is 0.273 e. The van der Waals surface area contributed by atoms with Crippen molar-refractivity contribution in [3.63, 3.8) is 0 Å². The second-order valence-electron chi connectivity index (χ2n) is 7.85. The fourth-order valence-electron chi connectivity index (χ4n) is 3.44. The van der Waals surface area contributed by atoms with Crippen LogP contribution in [0.25, 0.3) is 0 Å². The average Bonchev–Trinajstić information content (AvgIpc) is 3.48. The lowest BCUT2D eigenvalue weighted by atomic mass is 10.1. The van der Waals surface area contributed by atoms with Gasteiger partial charge in [0.1, 0.15) is 6.26 Å². The van der Waals surface area contributed by atoms with E-state index in [0.717, 1.165) is 12.1 Å². The molecule has 1 aliphatic rings. The molecule has 0 saturated heterocycles. The van der Waals surface area contributed by atoms with Gasteiger partial charge in [-0.2, -0.15) is 0 Å². The molecule has 0 bridgehead atoms. The molecule has 0 aliphatic heterocycles. The number of aryl methyl sites for hydroxylation is 1. The number of carbonyl (C=O) groups is 1. The van der Waals surface area contributed by atoms with Gasteiger partial charge in [0.05, 0.1) is 12.6 Å². The molecule has 0 spiro atoms. The third-order valence-corrected chi connectivity index (χ3v) is 5.34. The first kappa shape index (κ1) is 19.4. The number of aromatic nitrogens is 1. The first-order valence-corrected chi connectivity index (χ1v) is 10.2. The van der Waals surface area contributed by atoms with Crippen molar-refractivity contribution in [3.05, 3.63) is 89.1 Å². The molecule has 1 saturated carbocycles. The smallest absolute Gasteiger partial charge is 0.273 e. The Balaban J connectivity index is 1.38. The first-order chi connectivity index (χ1) is 14.1. The Morgan fingerprint density at radius 1 is 1.14 bits per heavy atom. The number of hydrogen-bond acceptors (Lipinski definition) is 4. The SMILES string of the molecule is Cc1ccc(CN(Cc2nc(C(=O)N[C@H](C)c3ccccc3)co2)C2CC2)cc1. The molecule has 5 nitrogen and oxygen atoms in total. The lowest BCUT2D eigenvalue weighted by Gasteiger charge is -2.20. The van der Waals surface area contributed by atoms with Gasteiger partial charge in [0.25, 0.3) is 5.91 Å². The number of oxazole rings is 1. The van der Waals surface area contributed by atoms with E-state index < -0.39 is 0 Å². The van der Waals surface area contributed by atoms with Crippen molar-refractivity contribution < 1.29 is 9.21 Å². The van der Waals surface area contributed by atoms with Crippen molar-refractivity contribution >= 4 is 5.91 Å². The monoisotopic (exact) mass is 389 g/mol. The van der Waals surface area contributed by atoms with Crippen LogP contribution in [-0.2, 0) is 13.1 Å². The Morgan fingerprint density at radius 3 is 2.55 bits per heavy atom. The molecule has 4 rings (SSSR count). The van der Waals surface area contributed by atoms with Crippen LogP contribution in [0.1, 0.15) is 58.9 Å². The van der Waals surface area contributed by atoms with Crippen molar-refractivity contribution in [2.75, 3.05) is 0 Å². The Hall–Kier alpha value is -2.92.